The molecule has 1 aromatic heterocycles. The average Bonchev–Trinajstić information content (AvgIpc) is 3.31. The maximum absolute atomic E-state index is 13.2. The van der Waals surface area contributed by atoms with Crippen LogP contribution in [0.25, 0.3) is 0 Å². The molecule has 31 heavy (non-hydrogen) atoms. The molecule has 3 aliphatic rings. The second-order valence-corrected chi connectivity index (χ2v) is 7.56. The van der Waals surface area contributed by atoms with Gasteiger partial charge < -0.3 is 19.1 Å². The summed E-state index contributed by atoms with van der Waals surface area (Å²) in [5, 5.41) is 0. The minimum atomic E-state index is -0.355. The second-order valence-electron chi connectivity index (χ2n) is 7.56. The number of hydrogen-bond acceptors (Lipinski definition) is 6. The van der Waals surface area contributed by atoms with Crippen LogP contribution in [0.15, 0.2) is 64.8 Å². The van der Waals surface area contributed by atoms with Crippen LogP contribution in [0.4, 0.5) is 0 Å². The van der Waals surface area contributed by atoms with Crippen molar-refractivity contribution in [2.24, 2.45) is 10.9 Å². The highest BCUT2D eigenvalue weighted by Gasteiger charge is 2.30. The SMILES string of the molecule is COC1=CC2=NC(=O)C(CN(CC3CCCO3)C(=O)c3ccncc3)=CC2C=C1OC. The van der Waals surface area contributed by atoms with Gasteiger partial charge in [-0.15, -0.1) is 0 Å². The van der Waals surface area contributed by atoms with Gasteiger partial charge >= 0.3 is 0 Å². The summed E-state index contributed by atoms with van der Waals surface area (Å²) in [4.78, 5) is 35.8. The van der Waals surface area contributed by atoms with Crippen LogP contribution in [-0.4, -0.2) is 67.4 Å². The zero-order valence-electron chi connectivity index (χ0n) is 17.6. The lowest BCUT2D eigenvalue weighted by Crippen LogP contribution is -2.40. The van der Waals surface area contributed by atoms with E-state index >= 15 is 0 Å². The Balaban J connectivity index is 1.58. The molecule has 1 fully saturated rings. The largest absolute Gasteiger partial charge is 0.493 e. The Hall–Kier alpha value is -3.26. The van der Waals surface area contributed by atoms with Crippen molar-refractivity contribution in [2.75, 3.05) is 33.9 Å². The molecule has 2 amide bonds. The monoisotopic (exact) mass is 423 g/mol. The summed E-state index contributed by atoms with van der Waals surface area (Å²) >= 11 is 0. The van der Waals surface area contributed by atoms with Crippen LogP contribution < -0.4 is 0 Å². The van der Waals surface area contributed by atoms with E-state index in [2.05, 4.69) is 9.98 Å². The molecule has 3 heterocycles. The molecule has 0 saturated carbocycles. The van der Waals surface area contributed by atoms with Gasteiger partial charge in [0.25, 0.3) is 11.8 Å². The molecule has 2 unspecified atom stereocenters. The third-order valence-corrected chi connectivity index (χ3v) is 5.54. The van der Waals surface area contributed by atoms with Gasteiger partial charge in [-0.3, -0.25) is 14.6 Å². The normalized spacial score (nSPS) is 22.6. The fourth-order valence-corrected chi connectivity index (χ4v) is 3.93. The van der Waals surface area contributed by atoms with Crippen molar-refractivity contribution in [1.82, 2.24) is 9.88 Å². The molecule has 0 N–H and O–H groups in total. The maximum Gasteiger partial charge on any atom is 0.274 e. The molecule has 1 aliphatic carbocycles. The molecule has 0 bridgehead atoms. The van der Waals surface area contributed by atoms with E-state index < -0.39 is 0 Å². The lowest BCUT2D eigenvalue weighted by Gasteiger charge is -2.28. The van der Waals surface area contributed by atoms with Gasteiger partial charge in [0.1, 0.15) is 0 Å². The average molecular weight is 423 g/mol. The zero-order chi connectivity index (χ0) is 21.8. The third kappa shape index (κ3) is 4.59. The summed E-state index contributed by atoms with van der Waals surface area (Å²) in [6, 6.07) is 3.34. The highest BCUT2D eigenvalue weighted by molar-refractivity contribution is 6.14. The first-order valence-corrected chi connectivity index (χ1v) is 10.3. The minimum Gasteiger partial charge on any atom is -0.493 e. The van der Waals surface area contributed by atoms with Crippen molar-refractivity contribution in [3.8, 4) is 0 Å². The number of allylic oxidation sites excluding steroid dienone is 3. The first-order chi connectivity index (χ1) is 15.1. The third-order valence-electron chi connectivity index (χ3n) is 5.54. The molecule has 0 aromatic carbocycles. The van der Waals surface area contributed by atoms with E-state index in [1.165, 1.54) is 0 Å². The Labute approximate surface area is 180 Å². The number of hydrogen-bond donors (Lipinski definition) is 0. The predicted molar refractivity (Wildman–Crippen MR) is 113 cm³/mol. The lowest BCUT2D eigenvalue weighted by atomic mass is 9.91. The first kappa shape index (κ1) is 21.0. The molecule has 8 nitrogen and oxygen atoms in total. The molecule has 1 saturated heterocycles. The summed E-state index contributed by atoms with van der Waals surface area (Å²) in [5.74, 6) is 0.365. The lowest BCUT2D eigenvalue weighted by molar-refractivity contribution is -0.114. The van der Waals surface area contributed by atoms with Gasteiger partial charge in [-0.25, -0.2) is 4.99 Å². The number of amides is 2. The Morgan fingerprint density at radius 3 is 2.65 bits per heavy atom. The van der Waals surface area contributed by atoms with Crippen LogP contribution in [0.5, 0.6) is 0 Å². The van der Waals surface area contributed by atoms with Gasteiger partial charge in [-0.2, -0.15) is 0 Å². The number of pyridine rings is 1. The second kappa shape index (κ2) is 9.26. The predicted octanol–water partition coefficient (Wildman–Crippen LogP) is 2.30. The van der Waals surface area contributed by atoms with Gasteiger partial charge in [0, 0.05) is 48.7 Å². The van der Waals surface area contributed by atoms with E-state index in [4.69, 9.17) is 14.2 Å². The van der Waals surface area contributed by atoms with Gasteiger partial charge in [0.15, 0.2) is 11.5 Å². The van der Waals surface area contributed by atoms with Crippen molar-refractivity contribution in [2.45, 2.75) is 18.9 Å². The van der Waals surface area contributed by atoms with E-state index in [1.54, 1.807) is 49.7 Å². The minimum absolute atomic E-state index is 0.0361. The molecule has 162 valence electrons. The number of rotatable bonds is 7. The summed E-state index contributed by atoms with van der Waals surface area (Å²) in [7, 11) is 3.11. The van der Waals surface area contributed by atoms with Gasteiger partial charge in [-0.05, 0) is 31.1 Å². The Morgan fingerprint density at radius 1 is 1.19 bits per heavy atom. The number of nitrogens with zero attached hydrogens (tertiary/aromatic N) is 3. The molecule has 0 spiro atoms. The summed E-state index contributed by atoms with van der Waals surface area (Å²) in [5.41, 5.74) is 1.58. The first-order valence-electron chi connectivity index (χ1n) is 10.3. The van der Waals surface area contributed by atoms with Crippen LogP contribution in [0.2, 0.25) is 0 Å². The molecule has 2 aliphatic heterocycles. The Bertz CT molecular complexity index is 974. The number of ether oxygens (including phenoxy) is 3. The highest BCUT2D eigenvalue weighted by atomic mass is 16.5. The molecule has 4 rings (SSSR count). The van der Waals surface area contributed by atoms with Gasteiger partial charge in [0.05, 0.1) is 32.6 Å². The molecule has 1 aromatic rings. The molecular weight excluding hydrogens is 398 g/mol. The number of methoxy groups -OCH3 is 2. The fourth-order valence-electron chi connectivity index (χ4n) is 3.93. The number of carbonyl (C=O) groups excluding carboxylic acids is 2. The molecular formula is C23H25N3O5. The molecule has 0 radical (unpaired) electrons. The van der Waals surface area contributed by atoms with Crippen molar-refractivity contribution >= 4 is 17.5 Å². The summed E-state index contributed by atoms with van der Waals surface area (Å²) < 4.78 is 16.4. The number of aromatic nitrogens is 1. The van der Waals surface area contributed by atoms with E-state index in [0.29, 0.717) is 41.5 Å². The van der Waals surface area contributed by atoms with Gasteiger partial charge in [0.2, 0.25) is 0 Å². The number of fused-ring (bicyclic) bond motifs is 1. The van der Waals surface area contributed by atoms with Crippen LogP contribution >= 0.6 is 0 Å². The smallest absolute Gasteiger partial charge is 0.274 e. The van der Waals surface area contributed by atoms with Crippen molar-refractivity contribution in [3.63, 3.8) is 0 Å². The van der Waals surface area contributed by atoms with Crippen molar-refractivity contribution in [3.05, 3.63) is 65.4 Å². The topological polar surface area (TPSA) is 90.3 Å². The van der Waals surface area contributed by atoms with Crippen LogP contribution in [-0.2, 0) is 19.0 Å². The quantitative estimate of drug-likeness (QED) is 0.669. The van der Waals surface area contributed by atoms with Crippen LogP contribution in [0.3, 0.4) is 0 Å². The van der Waals surface area contributed by atoms with E-state index in [1.807, 2.05) is 12.2 Å². The molecule has 2 atom stereocenters. The summed E-state index contributed by atoms with van der Waals surface area (Å²) in [6.07, 6.45) is 10.4. The van der Waals surface area contributed by atoms with Crippen LogP contribution in [0.1, 0.15) is 23.2 Å². The maximum atomic E-state index is 13.2. The standard InChI is InChI=1S/C23H25N3O5/c1-29-20-11-16-10-17(22(27)25-19(16)12-21(20)30-2)13-26(14-18-4-3-9-31-18)23(28)15-5-7-24-8-6-15/h5-8,10-12,16,18H,3-4,9,13-14H2,1-2H3. The zero-order valence-corrected chi connectivity index (χ0v) is 17.6. The number of aliphatic imine (C=N–C) groups is 1. The summed E-state index contributed by atoms with van der Waals surface area (Å²) in [6.45, 7) is 1.27. The van der Waals surface area contributed by atoms with Crippen LogP contribution in [0, 0.1) is 5.92 Å². The Morgan fingerprint density at radius 2 is 1.97 bits per heavy atom. The number of dihydropyridines is 1. The Kier molecular flexibility index (Phi) is 6.27. The molecule has 8 heteroatoms. The number of carbonyl (C=O) groups is 2. The van der Waals surface area contributed by atoms with E-state index in [0.717, 1.165) is 12.8 Å². The van der Waals surface area contributed by atoms with Crippen molar-refractivity contribution in [1.29, 1.82) is 0 Å². The van der Waals surface area contributed by atoms with Crippen molar-refractivity contribution < 1.29 is 23.8 Å². The van der Waals surface area contributed by atoms with E-state index in [-0.39, 0.29) is 30.4 Å². The van der Waals surface area contributed by atoms with Gasteiger partial charge in [-0.1, -0.05) is 6.08 Å². The fraction of sp³-hybridized carbons (Fsp3) is 0.391. The highest BCUT2D eigenvalue weighted by Crippen LogP contribution is 2.28. The van der Waals surface area contributed by atoms with E-state index in [9.17, 15) is 9.59 Å².